The molecule has 32 nitrogen and oxygen atoms in total. The quantitative estimate of drug-likeness (QED) is 0.0260. The molecule has 12 rings (SSSR count). The first-order valence-corrected chi connectivity index (χ1v) is 41.5. The lowest BCUT2D eigenvalue weighted by molar-refractivity contribution is 0.100. The summed E-state index contributed by atoms with van der Waals surface area (Å²) < 4.78 is 485. The number of Topliss-reactive ketones (excluding diaryl/α,β-unsaturated/α-hetero) is 4. The Morgan fingerprint density at radius 2 is 0.575 bits per heavy atom. The first kappa shape index (κ1) is 47.2. The third-order valence-electron chi connectivity index (χ3n) is 15.6. The fourth-order valence-corrected chi connectivity index (χ4v) is 19.1. The largest absolute Gasteiger partial charge is 0.337 e. The second-order valence-electron chi connectivity index (χ2n) is 23.8. The zero-order chi connectivity index (χ0) is 127. The molecule has 4 aromatic carbocycles. The maximum absolute atomic E-state index is 13.4. The van der Waals surface area contributed by atoms with Crippen LogP contribution in [-0.4, -0.2) is 101 Å². The van der Waals surface area contributed by atoms with E-state index in [4.69, 9.17) is 81.1 Å². The van der Waals surface area contributed by atoms with Crippen molar-refractivity contribution in [1.29, 1.82) is 0 Å². The van der Waals surface area contributed by atoms with Gasteiger partial charge in [-0.1, -0.05) is 44.8 Å². The van der Waals surface area contributed by atoms with Crippen molar-refractivity contribution >= 4 is 178 Å². The van der Waals surface area contributed by atoms with Crippen molar-refractivity contribution in [1.82, 2.24) is 20.6 Å². The van der Waals surface area contributed by atoms with Gasteiger partial charge in [-0.2, -0.15) is 0 Å². The number of benzene rings is 4. The van der Waals surface area contributed by atoms with Gasteiger partial charge in [-0.3, -0.25) is 38.4 Å². The topological polar surface area (TPSA) is 473 Å². The SMILES string of the molecule is [2H]c1c(C([2H])([2H])[2H])cc(C(=O)C([2H])([2H])[2H])c(NC(=O)c2sccc2S(=O)(=O)Nc2onc(C([2H])([2H])[2H])c2C)c1C([2H])([2H])[2H].[2H]c1c(C([2H])([2H])[2H])cc(C(=O)C([2H])([2H])[2H])c(NC(=O)c2sccc2S(=O)(=O)Nc2onc(C)c2C([2H])([2H])[2H])c1C([2H])([2H])[2H].[2H]c1c(C([2H])([2H])[2H])cc(C(=O)C([2H])([2H])[2H])c(NC(=O)c2sccc2S(=O)(=O)Nc2onc(C)c2C)c1C([2H])([2H])[2H].[2H]c1c(C)cc(C(=O)C([2H])([2H])[2H])c(NC(=O)c2sccc2S(=O)(=O)Nc2onc(C([2H])([2H])[2H])c2C([2H])([2H])[2H])c1C. The summed E-state index contributed by atoms with van der Waals surface area (Å²) in [5, 5.41) is 26.8. The molecule has 0 aliphatic heterocycles. The molecular weight excluding hydrogens is 1710 g/mol. The Hall–Kier alpha value is -11.9. The zero-order valence-corrected chi connectivity index (χ0v) is 67.7. The van der Waals surface area contributed by atoms with E-state index in [0.29, 0.717) is 74.8 Å². The Bertz CT molecular complexity index is 8550. The molecule has 0 unspecified atom stereocenters. The van der Waals surface area contributed by atoms with Crippen molar-refractivity contribution in [2.24, 2.45) is 0 Å². The standard InChI is InChI=1S/4C20H21N3O5S2/c4*1-10-8-11(2)17(15(9-10)14(5)24)21-19(25)18-16(6-7-29-18)30(26,27)23-20-12(3)13(4)22-28-20/h4*6-9,23H,1-5H3,(H,21,25)/i1D3,2D3,4D3,5D3,8D;1D3,2D3,3D3,5D3,8D;3D3,4D3,5D3,8D;1D3,2D3,5D3,8D. The van der Waals surface area contributed by atoms with Gasteiger partial charge < -0.3 is 39.4 Å². The third-order valence-corrected chi connectivity index (χ3v) is 25.2. The summed E-state index contributed by atoms with van der Waals surface area (Å²) >= 11 is 2.31. The summed E-state index contributed by atoms with van der Waals surface area (Å²) in [6, 6.07) is 3.17. The first-order chi connectivity index (χ1) is 74.7. The Balaban J connectivity index is 0.000000243. The summed E-state index contributed by atoms with van der Waals surface area (Å²) in [7, 11) is -18.8. The van der Waals surface area contributed by atoms with E-state index < -0.39 is 353 Å². The second-order valence-corrected chi connectivity index (χ2v) is 34.1. The minimum Gasteiger partial charge on any atom is -0.337 e. The molecule has 0 saturated heterocycles. The zero-order valence-electron chi connectivity index (χ0n) is 107. The number of sulfonamides is 4. The van der Waals surface area contributed by atoms with Gasteiger partial charge in [-0.25, -0.2) is 52.6 Å². The fraction of sp³-hybridized carbons (Fsp3) is 0.250. The number of hydrogen-bond donors (Lipinski definition) is 8. The Morgan fingerprint density at radius 1 is 0.325 bits per heavy atom. The third kappa shape index (κ3) is 21.0. The lowest BCUT2D eigenvalue weighted by Crippen LogP contribution is -2.20. The second kappa shape index (κ2) is 37.2. The van der Waals surface area contributed by atoms with Crippen molar-refractivity contribution in [2.75, 3.05) is 40.2 Å². The van der Waals surface area contributed by atoms with Crippen LogP contribution in [0.2, 0.25) is 0 Å². The van der Waals surface area contributed by atoms with Crippen LogP contribution in [0.5, 0.6) is 0 Å². The molecular formula is C80H84N12O20S8. The van der Waals surface area contributed by atoms with E-state index in [2.05, 4.69) is 36.0 Å². The number of aromatic nitrogens is 4. The van der Waals surface area contributed by atoms with Crippen LogP contribution in [-0.2, 0) is 40.1 Å². The van der Waals surface area contributed by atoms with Crippen LogP contribution in [0.25, 0.3) is 0 Å². The number of anilines is 8. The van der Waals surface area contributed by atoms with Gasteiger partial charge in [0.05, 0.1) is 51.0 Å². The van der Waals surface area contributed by atoms with E-state index in [1.165, 1.54) is 45.4 Å². The monoisotopic (exact) mass is 1830 g/mol. The van der Waals surface area contributed by atoms with Gasteiger partial charge in [0.25, 0.3) is 63.7 Å². The number of nitrogens with zero attached hydrogens (tertiary/aromatic N) is 4. The Morgan fingerprint density at radius 3 is 0.842 bits per heavy atom. The van der Waals surface area contributed by atoms with Crippen molar-refractivity contribution in [3.63, 3.8) is 0 Å². The average molecular weight is 1840 g/mol. The van der Waals surface area contributed by atoms with Gasteiger partial charge in [0.15, 0.2) is 23.1 Å². The van der Waals surface area contributed by atoms with Crippen molar-refractivity contribution in [2.45, 2.75) is 157 Å². The lowest BCUT2D eigenvalue weighted by Gasteiger charge is -2.14. The van der Waals surface area contributed by atoms with E-state index in [9.17, 15) is 72.0 Å². The molecule has 8 aromatic heterocycles. The molecule has 0 aliphatic carbocycles. The molecule has 0 radical (unpaired) electrons. The molecule has 8 N–H and O–H groups in total. The molecule has 632 valence electrons. The van der Waals surface area contributed by atoms with Crippen molar-refractivity contribution in [3.05, 3.63) is 226 Å². The van der Waals surface area contributed by atoms with Crippen LogP contribution in [0.4, 0.5) is 46.3 Å². The average Bonchev–Trinajstić information content (AvgIpc) is 0.753. The molecule has 40 heteroatoms. The van der Waals surface area contributed by atoms with Gasteiger partial charge in [0.1, 0.15) is 39.1 Å². The normalized spacial score (nSPS) is 18.5. The minimum absolute atomic E-state index is 0.0567. The number of nitrogens with one attached hydrogen (secondary N) is 8. The number of carbonyl (C=O) groups excluding carboxylic acids is 8. The van der Waals surface area contributed by atoms with Gasteiger partial charge in [0.2, 0.25) is 23.5 Å². The summed E-state index contributed by atoms with van der Waals surface area (Å²) in [4.78, 5) is 99.5. The molecule has 0 atom stereocenters. The van der Waals surface area contributed by atoms with E-state index >= 15 is 0 Å². The van der Waals surface area contributed by atoms with Gasteiger partial charge in [0, 0.05) is 102 Å². The smallest absolute Gasteiger partial charge is 0.267 e. The predicted octanol–water partition coefficient (Wildman–Crippen LogP) is 16.9. The van der Waals surface area contributed by atoms with Crippen LogP contribution >= 0.6 is 45.3 Å². The number of rotatable bonds is 24. The molecule has 0 saturated carbocycles. The van der Waals surface area contributed by atoms with E-state index in [1.807, 2.05) is 24.8 Å². The lowest BCUT2D eigenvalue weighted by atomic mass is 10.0. The molecule has 4 amide bonds. The summed E-state index contributed by atoms with van der Waals surface area (Å²) in [5.74, 6) is -14.1. The Labute approximate surface area is 772 Å². The van der Waals surface area contributed by atoms with Crippen LogP contribution < -0.4 is 40.2 Å². The fourth-order valence-electron chi connectivity index (χ4n) is 9.73. The molecule has 0 aliphatic rings. The number of ketones is 4. The molecule has 12 aromatic rings. The highest BCUT2D eigenvalue weighted by Gasteiger charge is 2.33. The van der Waals surface area contributed by atoms with Crippen LogP contribution in [0.15, 0.2) is 132 Å². The van der Waals surface area contributed by atoms with E-state index in [1.54, 1.807) is 6.92 Å². The van der Waals surface area contributed by atoms with E-state index in [0.717, 1.165) is 41.1 Å². The molecule has 8 heterocycles. The number of carbonyl (C=O) groups is 8. The van der Waals surface area contributed by atoms with Crippen LogP contribution in [0, 0.1) is 110 Å². The molecule has 120 heavy (non-hydrogen) atoms. The van der Waals surface area contributed by atoms with Crippen molar-refractivity contribution in [3.8, 4) is 0 Å². The number of hydrogen-bond acceptors (Lipinski definition) is 28. The summed E-state index contributed by atoms with van der Waals surface area (Å²) in [6.45, 7) is -36.2. The minimum atomic E-state index is -4.79. The number of aryl methyl sites for hydroxylation is 8. The van der Waals surface area contributed by atoms with E-state index in [-0.39, 0.29) is 40.0 Å². The molecule has 0 fully saturated rings. The van der Waals surface area contributed by atoms with Gasteiger partial charge in [-0.15, -0.1) is 45.3 Å². The Kier molecular flexibility index (Phi) is 14.6. The van der Waals surface area contributed by atoms with Gasteiger partial charge >= 0.3 is 0 Å². The summed E-state index contributed by atoms with van der Waals surface area (Å²) in [5.41, 5.74) is -15.3. The molecule has 0 bridgehead atoms. The predicted molar refractivity (Wildman–Crippen MR) is 460 cm³/mol. The number of amides is 4. The number of thiophene rings is 4. The highest BCUT2D eigenvalue weighted by atomic mass is 32.2. The van der Waals surface area contributed by atoms with Crippen LogP contribution in [0.1, 0.15) is 260 Å². The molecule has 0 spiro atoms. The first-order valence-electron chi connectivity index (χ1n) is 55.1. The maximum Gasteiger partial charge on any atom is 0.267 e. The van der Waals surface area contributed by atoms with Crippen LogP contribution in [0.3, 0.4) is 0 Å². The summed E-state index contributed by atoms with van der Waals surface area (Å²) in [6.07, 6.45) is 0. The maximum atomic E-state index is 13.4. The van der Waals surface area contributed by atoms with Gasteiger partial charge in [-0.05, 0) is 252 Å². The highest BCUT2D eigenvalue weighted by molar-refractivity contribution is 7.94. The van der Waals surface area contributed by atoms with Crippen molar-refractivity contribution < 1.29 is 153 Å². The highest BCUT2D eigenvalue weighted by Crippen LogP contribution is 2.36.